The van der Waals surface area contributed by atoms with Crippen molar-refractivity contribution in [1.82, 2.24) is 10.2 Å². The van der Waals surface area contributed by atoms with Crippen molar-refractivity contribution >= 4 is 29.0 Å². The molecular weight excluding hydrogens is 387 g/mol. The van der Waals surface area contributed by atoms with Gasteiger partial charge in [-0.1, -0.05) is 18.2 Å². The third-order valence-corrected chi connectivity index (χ3v) is 5.63. The number of hydrogen-bond acceptors (Lipinski definition) is 5. The third kappa shape index (κ3) is 4.58. The summed E-state index contributed by atoms with van der Waals surface area (Å²) >= 11 is 0. The minimum atomic E-state index is -0.598. The average molecular weight is 414 g/mol. The lowest BCUT2D eigenvalue weighted by Crippen LogP contribution is -2.49. The predicted octanol–water partition coefficient (Wildman–Crippen LogP) is 2.42. The summed E-state index contributed by atoms with van der Waals surface area (Å²) < 4.78 is 13.7. The highest BCUT2D eigenvalue weighted by molar-refractivity contribution is 6.45. The topological polar surface area (TPSA) is 102 Å². The molecule has 1 saturated carbocycles. The highest BCUT2D eigenvalue weighted by Crippen LogP contribution is 2.47. The molecule has 3 atom stereocenters. The van der Waals surface area contributed by atoms with Crippen LogP contribution >= 0.6 is 0 Å². The van der Waals surface area contributed by atoms with Crippen molar-refractivity contribution in [2.75, 3.05) is 18.4 Å². The number of ketones is 1. The quantitative estimate of drug-likeness (QED) is 0.569. The molecule has 160 valence electrons. The molecule has 7 nitrogen and oxygen atoms in total. The summed E-state index contributed by atoms with van der Waals surface area (Å²) in [6, 6.07) is 6.28. The summed E-state index contributed by atoms with van der Waals surface area (Å²) in [6.45, 7) is 4.36. The molecule has 8 heteroatoms. The fourth-order valence-corrected chi connectivity index (χ4v) is 3.82. The van der Waals surface area contributed by atoms with Crippen LogP contribution in [0.3, 0.4) is 0 Å². The maximum Gasteiger partial charge on any atom is 0.243 e. The second-order valence-electron chi connectivity index (χ2n) is 8.07. The maximum absolute atomic E-state index is 13.7. The number of anilines is 1. The largest absolute Gasteiger partial charge is 0.376 e. The summed E-state index contributed by atoms with van der Waals surface area (Å²) in [5.41, 5.74) is 1.32. The van der Waals surface area contributed by atoms with Gasteiger partial charge in [0.1, 0.15) is 17.6 Å². The van der Waals surface area contributed by atoms with Gasteiger partial charge in [0.25, 0.3) is 0 Å². The Kier molecular flexibility index (Phi) is 6.34. The summed E-state index contributed by atoms with van der Waals surface area (Å²) in [5, 5.41) is 13.5. The van der Waals surface area contributed by atoms with Gasteiger partial charge in [-0.3, -0.25) is 19.8 Å². The molecule has 2 aliphatic rings. The molecule has 0 bridgehead atoms. The van der Waals surface area contributed by atoms with Crippen LogP contribution in [0, 0.1) is 11.3 Å². The Hall–Kier alpha value is -3.03. The standard InChI is InChI=1S/C22H27FN4O3/c1-12(2)16(23)10-26-22(30)19-9-14-8-18(14)27(19)20(29)11-25-17-7-5-4-6-15(17)21(24)13(3)28/h4-7,14,18-19,24-25H,8-11H2,1-3H3,(H,26,30)/t14-,18-,19+/m1/s1. The summed E-state index contributed by atoms with van der Waals surface area (Å²) in [4.78, 5) is 38.6. The molecule has 1 aliphatic heterocycles. The number of Topliss-reactive ketones (excluding diaryl/α,β-unsaturated/α-hetero) is 1. The van der Waals surface area contributed by atoms with Gasteiger partial charge in [0, 0.05) is 24.2 Å². The lowest BCUT2D eigenvalue weighted by molar-refractivity contribution is -0.138. The number of benzene rings is 1. The lowest BCUT2D eigenvalue weighted by Gasteiger charge is -2.27. The molecule has 30 heavy (non-hydrogen) atoms. The average Bonchev–Trinajstić information content (AvgIpc) is 3.38. The molecule has 0 radical (unpaired) electrons. The first-order chi connectivity index (χ1) is 14.2. The zero-order chi connectivity index (χ0) is 22.0. The second-order valence-corrected chi connectivity index (χ2v) is 8.07. The Morgan fingerprint density at radius 2 is 1.83 bits per heavy atom. The van der Waals surface area contributed by atoms with Crippen molar-refractivity contribution in [3.8, 4) is 0 Å². The normalized spacial score (nSPS) is 21.5. The number of likely N-dealkylation sites (tertiary alicyclic amines) is 1. The second kappa shape index (κ2) is 8.77. The van der Waals surface area contributed by atoms with Gasteiger partial charge in [0.15, 0.2) is 5.78 Å². The summed E-state index contributed by atoms with van der Waals surface area (Å²) in [5.74, 6) is -0.999. The monoisotopic (exact) mass is 414 g/mol. The van der Waals surface area contributed by atoms with Gasteiger partial charge in [-0.25, -0.2) is 4.39 Å². The summed E-state index contributed by atoms with van der Waals surface area (Å²) in [6.07, 6.45) is 1.47. The van der Waals surface area contributed by atoms with E-state index in [0.717, 1.165) is 6.42 Å². The van der Waals surface area contributed by atoms with Crippen molar-refractivity contribution in [2.24, 2.45) is 5.92 Å². The number of nitrogens with one attached hydrogen (secondary N) is 3. The Labute approximate surface area is 175 Å². The van der Waals surface area contributed by atoms with Crippen LogP contribution in [-0.4, -0.2) is 53.4 Å². The van der Waals surface area contributed by atoms with E-state index in [9.17, 15) is 18.8 Å². The van der Waals surface area contributed by atoms with Crippen LogP contribution < -0.4 is 10.6 Å². The molecule has 3 rings (SSSR count). The van der Waals surface area contributed by atoms with Crippen LogP contribution in [0.2, 0.25) is 0 Å². The highest BCUT2D eigenvalue weighted by atomic mass is 19.1. The number of piperidine rings is 1. The molecule has 1 saturated heterocycles. The van der Waals surface area contributed by atoms with E-state index in [1.165, 1.54) is 6.92 Å². The van der Waals surface area contributed by atoms with Gasteiger partial charge >= 0.3 is 0 Å². The van der Waals surface area contributed by atoms with Gasteiger partial charge in [-0.15, -0.1) is 0 Å². The third-order valence-electron chi connectivity index (χ3n) is 5.63. The number of amides is 2. The Bertz CT molecular complexity index is 923. The number of nitrogens with zero attached hydrogens (tertiary/aromatic N) is 1. The molecule has 1 aliphatic carbocycles. The molecule has 2 fully saturated rings. The number of carbonyl (C=O) groups is 3. The van der Waals surface area contributed by atoms with E-state index >= 15 is 0 Å². The van der Waals surface area contributed by atoms with Crippen molar-refractivity contribution in [1.29, 1.82) is 5.41 Å². The molecule has 3 N–H and O–H groups in total. The fraction of sp³-hybridized carbons (Fsp3) is 0.455. The van der Waals surface area contributed by atoms with Gasteiger partial charge in [-0.2, -0.15) is 0 Å². The smallest absolute Gasteiger partial charge is 0.243 e. The Morgan fingerprint density at radius 3 is 2.50 bits per heavy atom. The number of hydrogen-bond donors (Lipinski definition) is 3. The zero-order valence-corrected chi connectivity index (χ0v) is 17.4. The number of rotatable bonds is 8. The van der Waals surface area contributed by atoms with Crippen LogP contribution in [0.1, 0.15) is 39.2 Å². The Morgan fingerprint density at radius 1 is 1.13 bits per heavy atom. The molecule has 0 unspecified atom stereocenters. The van der Waals surface area contributed by atoms with E-state index in [2.05, 4.69) is 10.6 Å². The van der Waals surface area contributed by atoms with Crippen LogP contribution in [0.15, 0.2) is 35.7 Å². The highest BCUT2D eigenvalue weighted by Gasteiger charge is 2.55. The number of para-hydroxylation sites is 1. The van der Waals surface area contributed by atoms with E-state index in [4.69, 9.17) is 5.41 Å². The molecule has 1 aromatic carbocycles. The van der Waals surface area contributed by atoms with Crippen LogP contribution in [0.25, 0.3) is 0 Å². The van der Waals surface area contributed by atoms with Gasteiger partial charge < -0.3 is 15.5 Å². The zero-order valence-electron chi connectivity index (χ0n) is 17.4. The van der Waals surface area contributed by atoms with E-state index in [0.29, 0.717) is 29.2 Å². The van der Waals surface area contributed by atoms with Gasteiger partial charge in [0.05, 0.1) is 13.1 Å². The number of carbonyl (C=O) groups excluding carboxylic acids is 3. The number of halogens is 1. The molecular formula is C22H27FN4O3. The van der Waals surface area contributed by atoms with Crippen molar-refractivity contribution in [2.45, 2.75) is 45.7 Å². The summed E-state index contributed by atoms with van der Waals surface area (Å²) in [7, 11) is 0. The van der Waals surface area contributed by atoms with Crippen molar-refractivity contribution < 1.29 is 18.8 Å². The van der Waals surface area contributed by atoms with E-state index in [1.807, 2.05) is 0 Å². The number of allylic oxidation sites excluding steroid dienone is 1. The SMILES string of the molecule is CC(=O)C(=N)c1ccccc1NCC(=O)N1[C@@H]2C[C@@H]2C[C@H]1C(=O)NCC(F)=C(C)C. The predicted molar refractivity (Wildman–Crippen MR) is 112 cm³/mol. The molecule has 1 heterocycles. The van der Waals surface area contributed by atoms with Crippen molar-refractivity contribution in [3.63, 3.8) is 0 Å². The lowest BCUT2D eigenvalue weighted by atomic mass is 10.1. The molecule has 2 amide bonds. The van der Waals surface area contributed by atoms with Gasteiger partial charge in [-0.05, 0) is 44.2 Å². The molecule has 0 aromatic heterocycles. The minimum Gasteiger partial charge on any atom is -0.376 e. The molecule has 1 aromatic rings. The van der Waals surface area contributed by atoms with Gasteiger partial charge in [0.2, 0.25) is 11.8 Å². The fourth-order valence-electron chi connectivity index (χ4n) is 3.82. The van der Waals surface area contributed by atoms with Crippen LogP contribution in [0.5, 0.6) is 0 Å². The van der Waals surface area contributed by atoms with Crippen molar-refractivity contribution in [3.05, 3.63) is 41.2 Å². The minimum absolute atomic E-state index is 0.0501. The van der Waals surface area contributed by atoms with Crippen LogP contribution in [0.4, 0.5) is 10.1 Å². The molecule has 0 spiro atoms. The maximum atomic E-state index is 13.7. The Balaban J connectivity index is 1.65. The van der Waals surface area contributed by atoms with E-state index in [1.54, 1.807) is 43.0 Å². The van der Waals surface area contributed by atoms with E-state index in [-0.39, 0.29) is 48.3 Å². The first-order valence-electron chi connectivity index (χ1n) is 10.0. The number of fused-ring (bicyclic) bond motifs is 1. The first-order valence-corrected chi connectivity index (χ1v) is 10.0. The van der Waals surface area contributed by atoms with Crippen LogP contribution in [-0.2, 0) is 14.4 Å². The first kappa shape index (κ1) is 21.7. The van der Waals surface area contributed by atoms with E-state index < -0.39 is 6.04 Å².